The minimum absolute atomic E-state index is 0.0485. The largest absolute Gasteiger partial charge is 0.507 e. The Morgan fingerprint density at radius 3 is 2.38 bits per heavy atom. The van der Waals surface area contributed by atoms with Crippen LogP contribution in [0.5, 0.6) is 11.5 Å². The highest BCUT2D eigenvalue weighted by molar-refractivity contribution is 6.28. The Balaban J connectivity index is 1.86. The Morgan fingerprint density at radius 1 is 0.906 bits per heavy atom. The maximum Gasteiger partial charge on any atom is 0.252 e. The monoisotopic (exact) mass is 423 g/mol. The molecule has 0 aromatic heterocycles. The van der Waals surface area contributed by atoms with Crippen molar-refractivity contribution in [2.24, 2.45) is 0 Å². The van der Waals surface area contributed by atoms with Crippen LogP contribution < -0.4 is 10.1 Å². The van der Waals surface area contributed by atoms with Crippen molar-refractivity contribution in [3.05, 3.63) is 108 Å². The van der Waals surface area contributed by atoms with Gasteiger partial charge in [0.15, 0.2) is 0 Å². The number of rotatable bonds is 6. The third kappa shape index (κ3) is 4.35. The zero-order chi connectivity index (χ0) is 22.5. The van der Waals surface area contributed by atoms with Crippen LogP contribution in [-0.4, -0.2) is 18.1 Å². The van der Waals surface area contributed by atoms with Gasteiger partial charge in [0.2, 0.25) is 0 Å². The SMILES string of the molecule is COc1ccccc1/C=C(\C(=O)N[C@H](C)c1ccccc1)c1c(O)ccc2ccccc12. The van der Waals surface area contributed by atoms with E-state index in [0.717, 1.165) is 21.9 Å². The highest BCUT2D eigenvalue weighted by Gasteiger charge is 2.21. The summed E-state index contributed by atoms with van der Waals surface area (Å²) in [4.78, 5) is 13.6. The number of para-hydroxylation sites is 1. The number of phenolic OH excluding ortho intramolecular Hbond substituents is 1. The molecule has 0 aliphatic heterocycles. The summed E-state index contributed by atoms with van der Waals surface area (Å²) >= 11 is 0. The molecule has 4 nitrogen and oxygen atoms in total. The lowest BCUT2D eigenvalue weighted by atomic mass is 9.94. The molecule has 4 rings (SSSR count). The Labute approximate surface area is 187 Å². The lowest BCUT2D eigenvalue weighted by molar-refractivity contribution is -0.116. The standard InChI is InChI=1S/C28H25NO3/c1-19(20-10-4-3-5-11-20)29-28(31)24(18-22-13-7-9-15-26(22)32-2)27-23-14-8-6-12-21(23)16-17-25(27)30/h3-19,30H,1-2H3,(H,29,31)/b24-18-/t19-/m1/s1. The molecule has 0 aliphatic rings. The van der Waals surface area contributed by atoms with Crippen molar-refractivity contribution in [1.82, 2.24) is 5.32 Å². The maximum absolute atomic E-state index is 13.6. The fourth-order valence-corrected chi connectivity index (χ4v) is 3.83. The summed E-state index contributed by atoms with van der Waals surface area (Å²) in [6.45, 7) is 1.94. The Hall–Kier alpha value is -4.05. The normalized spacial score (nSPS) is 12.4. The van der Waals surface area contributed by atoms with Crippen LogP contribution in [0.15, 0.2) is 91.0 Å². The van der Waals surface area contributed by atoms with Gasteiger partial charge in [-0.25, -0.2) is 0 Å². The molecular weight excluding hydrogens is 398 g/mol. The molecule has 2 N–H and O–H groups in total. The van der Waals surface area contributed by atoms with E-state index in [2.05, 4.69) is 5.32 Å². The molecule has 0 spiro atoms. The Bertz CT molecular complexity index is 1280. The molecule has 160 valence electrons. The molecule has 0 radical (unpaired) electrons. The van der Waals surface area contributed by atoms with Gasteiger partial charge in [0.25, 0.3) is 5.91 Å². The van der Waals surface area contributed by atoms with Crippen LogP contribution in [-0.2, 0) is 4.79 Å². The van der Waals surface area contributed by atoms with Crippen LogP contribution in [0.1, 0.15) is 29.7 Å². The van der Waals surface area contributed by atoms with Crippen LogP contribution in [0, 0.1) is 0 Å². The van der Waals surface area contributed by atoms with Gasteiger partial charge in [-0.2, -0.15) is 0 Å². The zero-order valence-corrected chi connectivity index (χ0v) is 18.1. The van der Waals surface area contributed by atoms with Crippen molar-refractivity contribution >= 4 is 28.3 Å². The number of aromatic hydroxyl groups is 1. The summed E-state index contributed by atoms with van der Waals surface area (Å²) in [7, 11) is 1.60. The number of amides is 1. The van der Waals surface area contributed by atoms with Crippen LogP contribution in [0.25, 0.3) is 22.4 Å². The minimum Gasteiger partial charge on any atom is -0.507 e. The molecule has 32 heavy (non-hydrogen) atoms. The quantitative estimate of drug-likeness (QED) is 0.297. The summed E-state index contributed by atoms with van der Waals surface area (Å²) in [6.07, 6.45) is 1.77. The van der Waals surface area contributed by atoms with E-state index in [4.69, 9.17) is 4.74 Å². The lowest BCUT2D eigenvalue weighted by Crippen LogP contribution is -2.27. The first-order valence-electron chi connectivity index (χ1n) is 10.5. The fourth-order valence-electron chi connectivity index (χ4n) is 3.83. The second kappa shape index (κ2) is 9.40. The fraction of sp³-hybridized carbons (Fsp3) is 0.107. The second-order valence-corrected chi connectivity index (χ2v) is 7.59. The summed E-state index contributed by atoms with van der Waals surface area (Å²) in [5, 5.41) is 15.7. The van der Waals surface area contributed by atoms with Gasteiger partial charge in [0.05, 0.1) is 18.7 Å². The number of carbonyl (C=O) groups excluding carboxylic acids is 1. The molecule has 1 atom stereocenters. The van der Waals surface area contributed by atoms with Gasteiger partial charge >= 0.3 is 0 Å². The first kappa shape index (κ1) is 21.2. The van der Waals surface area contributed by atoms with Crippen molar-refractivity contribution in [3.8, 4) is 11.5 Å². The molecule has 4 heteroatoms. The van der Waals surface area contributed by atoms with E-state index < -0.39 is 0 Å². The predicted octanol–water partition coefficient (Wildman–Crippen LogP) is 5.97. The van der Waals surface area contributed by atoms with Crippen LogP contribution in [0.2, 0.25) is 0 Å². The molecule has 0 fully saturated rings. The molecule has 0 unspecified atom stereocenters. The van der Waals surface area contributed by atoms with Gasteiger partial charge < -0.3 is 15.2 Å². The van der Waals surface area contributed by atoms with E-state index in [-0.39, 0.29) is 17.7 Å². The molecule has 4 aromatic carbocycles. The molecule has 4 aromatic rings. The summed E-state index contributed by atoms with van der Waals surface area (Å²) in [6, 6.07) is 28.3. The molecule has 0 saturated heterocycles. The average Bonchev–Trinajstić information content (AvgIpc) is 2.83. The second-order valence-electron chi connectivity index (χ2n) is 7.59. The van der Waals surface area contributed by atoms with E-state index in [1.54, 1.807) is 19.3 Å². The third-order valence-corrected chi connectivity index (χ3v) is 5.51. The van der Waals surface area contributed by atoms with Crippen LogP contribution >= 0.6 is 0 Å². The van der Waals surface area contributed by atoms with Crippen molar-refractivity contribution < 1.29 is 14.6 Å². The smallest absolute Gasteiger partial charge is 0.252 e. The number of carbonyl (C=O) groups is 1. The van der Waals surface area contributed by atoms with E-state index in [9.17, 15) is 9.90 Å². The van der Waals surface area contributed by atoms with Gasteiger partial charge in [-0.3, -0.25) is 4.79 Å². The predicted molar refractivity (Wildman–Crippen MR) is 129 cm³/mol. The first-order chi connectivity index (χ1) is 15.6. The zero-order valence-electron chi connectivity index (χ0n) is 18.1. The Kier molecular flexibility index (Phi) is 6.22. The molecular formula is C28H25NO3. The van der Waals surface area contributed by atoms with Gasteiger partial charge in [-0.05, 0) is 41.5 Å². The van der Waals surface area contributed by atoms with Gasteiger partial charge in [-0.15, -0.1) is 0 Å². The Morgan fingerprint density at radius 2 is 1.59 bits per heavy atom. The average molecular weight is 424 g/mol. The summed E-state index contributed by atoms with van der Waals surface area (Å²) < 4.78 is 5.49. The van der Waals surface area contributed by atoms with Crippen LogP contribution in [0.3, 0.4) is 0 Å². The highest BCUT2D eigenvalue weighted by Crippen LogP contribution is 2.36. The molecule has 1 amide bonds. The molecule has 0 bridgehead atoms. The van der Waals surface area contributed by atoms with E-state index >= 15 is 0 Å². The van der Waals surface area contributed by atoms with Crippen molar-refractivity contribution in [2.75, 3.05) is 7.11 Å². The number of benzene rings is 4. The van der Waals surface area contributed by atoms with Crippen molar-refractivity contribution in [2.45, 2.75) is 13.0 Å². The van der Waals surface area contributed by atoms with Gasteiger partial charge in [-0.1, -0.05) is 78.9 Å². The summed E-state index contributed by atoms with van der Waals surface area (Å²) in [5.41, 5.74) is 2.61. The first-order valence-corrected chi connectivity index (χ1v) is 10.5. The molecule has 0 aliphatic carbocycles. The maximum atomic E-state index is 13.6. The summed E-state index contributed by atoms with van der Waals surface area (Å²) in [5.74, 6) is 0.417. The number of hydrogen-bond donors (Lipinski definition) is 2. The highest BCUT2D eigenvalue weighted by atomic mass is 16.5. The number of fused-ring (bicyclic) bond motifs is 1. The number of hydrogen-bond acceptors (Lipinski definition) is 3. The van der Waals surface area contributed by atoms with Crippen molar-refractivity contribution in [1.29, 1.82) is 0 Å². The molecule has 0 saturated carbocycles. The minimum atomic E-state index is -0.279. The number of phenols is 1. The number of methoxy groups -OCH3 is 1. The number of nitrogens with one attached hydrogen (secondary N) is 1. The lowest BCUT2D eigenvalue weighted by Gasteiger charge is -2.18. The van der Waals surface area contributed by atoms with Crippen LogP contribution in [0.4, 0.5) is 0 Å². The third-order valence-electron chi connectivity index (χ3n) is 5.51. The van der Waals surface area contributed by atoms with Gasteiger partial charge in [0, 0.05) is 11.1 Å². The number of ether oxygens (including phenoxy) is 1. The van der Waals surface area contributed by atoms with Crippen molar-refractivity contribution in [3.63, 3.8) is 0 Å². The van der Waals surface area contributed by atoms with E-state index in [0.29, 0.717) is 16.9 Å². The molecule has 0 heterocycles. The van der Waals surface area contributed by atoms with Gasteiger partial charge in [0.1, 0.15) is 11.5 Å². The van der Waals surface area contributed by atoms with E-state index in [1.807, 2.05) is 91.9 Å². The van der Waals surface area contributed by atoms with E-state index in [1.165, 1.54) is 0 Å². The topological polar surface area (TPSA) is 58.6 Å².